The molecule has 0 spiro atoms. The van der Waals surface area contributed by atoms with Crippen molar-refractivity contribution in [3.05, 3.63) is 0 Å². The highest BCUT2D eigenvalue weighted by atomic mass is 16.4. The fourth-order valence-corrected chi connectivity index (χ4v) is 0.389. The van der Waals surface area contributed by atoms with Gasteiger partial charge in [0, 0.05) is 6.42 Å². The lowest BCUT2D eigenvalue weighted by Gasteiger charge is -2.13. The third-order valence-electron chi connectivity index (χ3n) is 1.07. The Hall–Kier alpha value is -0.940. The maximum atomic E-state index is 10.5. The first kappa shape index (κ1) is 9.06. The zero-order chi connectivity index (χ0) is 8.36. The van der Waals surface area contributed by atoms with Gasteiger partial charge in [0.25, 0.3) is 5.72 Å². The lowest BCUT2D eigenvalue weighted by atomic mass is 10.1. The molecular formula is C5H9NO4. The molecule has 0 unspecified atom stereocenters. The van der Waals surface area contributed by atoms with Gasteiger partial charge in [0.05, 0.1) is 0 Å². The van der Waals surface area contributed by atoms with Crippen LogP contribution in [0, 0.1) is 0 Å². The Kier molecular flexibility index (Phi) is 2.50. The minimum absolute atomic E-state index is 0.0979. The standard InChI is InChI=1S/C5H9NO4/c1-2-3(7)5(6,10)4(8)9/h10H,2,6H2,1H3,(H,8,9)/t5-/m1/s1. The Morgan fingerprint density at radius 2 is 2.00 bits per heavy atom. The van der Waals surface area contributed by atoms with Crippen molar-refractivity contribution in [3.8, 4) is 0 Å². The Morgan fingerprint density at radius 1 is 1.60 bits per heavy atom. The minimum Gasteiger partial charge on any atom is -0.478 e. The summed E-state index contributed by atoms with van der Waals surface area (Å²) in [4.78, 5) is 20.5. The first-order valence-corrected chi connectivity index (χ1v) is 2.70. The van der Waals surface area contributed by atoms with Crippen LogP contribution in [0.2, 0.25) is 0 Å². The molecule has 0 fully saturated rings. The highest BCUT2D eigenvalue weighted by Crippen LogP contribution is 1.99. The number of carbonyl (C=O) groups is 2. The van der Waals surface area contributed by atoms with Crippen LogP contribution in [0.4, 0.5) is 0 Å². The number of carboxylic acid groups (broad SMARTS) is 1. The van der Waals surface area contributed by atoms with E-state index < -0.39 is 17.5 Å². The average molecular weight is 147 g/mol. The third kappa shape index (κ3) is 1.52. The van der Waals surface area contributed by atoms with Gasteiger partial charge >= 0.3 is 5.97 Å². The van der Waals surface area contributed by atoms with Crippen LogP contribution >= 0.6 is 0 Å². The summed E-state index contributed by atoms with van der Waals surface area (Å²) in [6.45, 7) is 1.42. The molecule has 0 aromatic rings. The topological polar surface area (TPSA) is 101 Å². The van der Waals surface area contributed by atoms with E-state index in [2.05, 4.69) is 0 Å². The molecule has 5 heteroatoms. The number of carbonyl (C=O) groups excluding carboxylic acids is 1. The van der Waals surface area contributed by atoms with E-state index in [0.717, 1.165) is 0 Å². The average Bonchev–Trinajstić information content (AvgIpc) is 1.86. The summed E-state index contributed by atoms with van der Waals surface area (Å²) in [6.07, 6.45) is -0.0979. The quantitative estimate of drug-likeness (QED) is 0.340. The molecule has 0 radical (unpaired) electrons. The summed E-state index contributed by atoms with van der Waals surface area (Å²) in [5.74, 6) is -2.63. The Bertz CT molecular complexity index is 163. The number of nitrogens with two attached hydrogens (primary N) is 1. The van der Waals surface area contributed by atoms with E-state index in [9.17, 15) is 9.59 Å². The van der Waals surface area contributed by atoms with E-state index in [1.54, 1.807) is 0 Å². The smallest absolute Gasteiger partial charge is 0.359 e. The van der Waals surface area contributed by atoms with E-state index in [0.29, 0.717) is 0 Å². The van der Waals surface area contributed by atoms with Gasteiger partial charge in [0.2, 0.25) is 0 Å². The van der Waals surface area contributed by atoms with E-state index in [4.69, 9.17) is 15.9 Å². The monoisotopic (exact) mass is 147 g/mol. The van der Waals surface area contributed by atoms with Crippen molar-refractivity contribution < 1.29 is 19.8 Å². The summed E-state index contributed by atoms with van der Waals surface area (Å²) in [7, 11) is 0. The van der Waals surface area contributed by atoms with Gasteiger partial charge in [-0.15, -0.1) is 0 Å². The molecule has 0 aliphatic carbocycles. The number of ketones is 1. The molecule has 0 saturated carbocycles. The normalized spacial score (nSPS) is 15.9. The number of hydrogen-bond donors (Lipinski definition) is 3. The van der Waals surface area contributed by atoms with Crippen LogP contribution in [-0.2, 0) is 9.59 Å². The second-order valence-electron chi connectivity index (χ2n) is 1.85. The van der Waals surface area contributed by atoms with Crippen LogP contribution in [-0.4, -0.2) is 27.7 Å². The van der Waals surface area contributed by atoms with Crippen LogP contribution in [0.3, 0.4) is 0 Å². The molecule has 0 bridgehead atoms. The molecule has 0 aliphatic rings. The molecule has 1 atom stereocenters. The number of hydrogen-bond acceptors (Lipinski definition) is 4. The van der Waals surface area contributed by atoms with E-state index in [1.165, 1.54) is 6.92 Å². The molecule has 0 aromatic carbocycles. The zero-order valence-corrected chi connectivity index (χ0v) is 5.50. The van der Waals surface area contributed by atoms with Gasteiger partial charge in [-0.25, -0.2) is 4.79 Å². The summed E-state index contributed by atoms with van der Waals surface area (Å²) < 4.78 is 0. The third-order valence-corrected chi connectivity index (χ3v) is 1.07. The fourth-order valence-electron chi connectivity index (χ4n) is 0.389. The SMILES string of the molecule is CCC(=O)[C@@](N)(O)C(=O)O. The van der Waals surface area contributed by atoms with Crippen molar-refractivity contribution in [3.63, 3.8) is 0 Å². The number of Topliss-reactive ketones (excluding diaryl/α,β-unsaturated/α-hetero) is 1. The number of aliphatic carboxylic acids is 1. The summed E-state index contributed by atoms with van der Waals surface area (Å²) in [5.41, 5.74) is 2.01. The summed E-state index contributed by atoms with van der Waals surface area (Å²) in [6, 6.07) is 0. The molecular weight excluding hydrogens is 138 g/mol. The molecule has 0 rings (SSSR count). The first-order valence-electron chi connectivity index (χ1n) is 2.70. The molecule has 4 N–H and O–H groups in total. The Balaban J connectivity index is 4.40. The molecule has 0 heterocycles. The van der Waals surface area contributed by atoms with Gasteiger partial charge < -0.3 is 10.2 Å². The van der Waals surface area contributed by atoms with Crippen LogP contribution in [0.15, 0.2) is 0 Å². The van der Waals surface area contributed by atoms with Crippen molar-refractivity contribution in [1.29, 1.82) is 0 Å². The van der Waals surface area contributed by atoms with Gasteiger partial charge in [-0.2, -0.15) is 0 Å². The largest absolute Gasteiger partial charge is 0.478 e. The summed E-state index contributed by atoms with van der Waals surface area (Å²) in [5, 5.41) is 16.8. The van der Waals surface area contributed by atoms with Gasteiger partial charge in [-0.1, -0.05) is 6.92 Å². The van der Waals surface area contributed by atoms with Gasteiger partial charge in [0.15, 0.2) is 5.78 Å². The number of carboxylic acids is 1. The van der Waals surface area contributed by atoms with Crippen molar-refractivity contribution >= 4 is 11.8 Å². The van der Waals surface area contributed by atoms with E-state index in [-0.39, 0.29) is 6.42 Å². The van der Waals surface area contributed by atoms with Gasteiger partial charge in [-0.05, 0) is 0 Å². The van der Waals surface area contributed by atoms with E-state index in [1.807, 2.05) is 0 Å². The van der Waals surface area contributed by atoms with Crippen molar-refractivity contribution in [2.24, 2.45) is 5.73 Å². The predicted molar refractivity (Wildman–Crippen MR) is 32.1 cm³/mol. The van der Waals surface area contributed by atoms with Crippen molar-refractivity contribution in [2.45, 2.75) is 19.1 Å². The Labute approximate surface area is 57.5 Å². The van der Waals surface area contributed by atoms with Gasteiger partial charge in [-0.3, -0.25) is 10.5 Å². The molecule has 0 amide bonds. The fraction of sp³-hybridized carbons (Fsp3) is 0.600. The Morgan fingerprint density at radius 3 is 2.10 bits per heavy atom. The first-order chi connectivity index (χ1) is 4.42. The highest BCUT2D eigenvalue weighted by Gasteiger charge is 2.37. The molecule has 0 aliphatic heterocycles. The second-order valence-corrected chi connectivity index (χ2v) is 1.85. The van der Waals surface area contributed by atoms with Crippen LogP contribution in [0.1, 0.15) is 13.3 Å². The minimum atomic E-state index is -2.71. The molecule has 10 heavy (non-hydrogen) atoms. The highest BCUT2D eigenvalue weighted by molar-refractivity contribution is 6.05. The summed E-state index contributed by atoms with van der Waals surface area (Å²) >= 11 is 0. The van der Waals surface area contributed by atoms with Crippen molar-refractivity contribution in [1.82, 2.24) is 0 Å². The van der Waals surface area contributed by atoms with Crippen molar-refractivity contribution in [2.75, 3.05) is 0 Å². The number of aliphatic hydroxyl groups is 1. The van der Waals surface area contributed by atoms with Crippen LogP contribution in [0.5, 0.6) is 0 Å². The second kappa shape index (κ2) is 2.76. The van der Waals surface area contributed by atoms with Crippen LogP contribution in [0.25, 0.3) is 0 Å². The zero-order valence-electron chi connectivity index (χ0n) is 5.50. The molecule has 58 valence electrons. The predicted octanol–water partition coefficient (Wildman–Crippen LogP) is -1.30. The van der Waals surface area contributed by atoms with Crippen LogP contribution < -0.4 is 5.73 Å². The van der Waals surface area contributed by atoms with E-state index >= 15 is 0 Å². The number of rotatable bonds is 3. The maximum absolute atomic E-state index is 10.5. The molecule has 0 saturated heterocycles. The lowest BCUT2D eigenvalue weighted by molar-refractivity contribution is -0.164. The molecule has 5 nitrogen and oxygen atoms in total. The lowest BCUT2D eigenvalue weighted by Crippen LogP contribution is -2.54. The molecule has 0 aromatic heterocycles. The maximum Gasteiger partial charge on any atom is 0.359 e. The van der Waals surface area contributed by atoms with Gasteiger partial charge in [0.1, 0.15) is 0 Å².